The van der Waals surface area contributed by atoms with Crippen molar-refractivity contribution in [1.29, 1.82) is 5.26 Å². The molecule has 0 heterocycles. The number of nitriles is 1. The van der Waals surface area contributed by atoms with Crippen molar-refractivity contribution in [2.24, 2.45) is 0 Å². The fraction of sp³-hybridized carbons (Fsp3) is 0.176. The zero-order chi connectivity index (χ0) is 15.9. The minimum absolute atomic E-state index is 0.136. The zero-order valence-corrected chi connectivity index (χ0v) is 13.2. The van der Waals surface area contributed by atoms with E-state index in [1.165, 1.54) is 11.8 Å². The molecule has 0 radical (unpaired) electrons. The van der Waals surface area contributed by atoms with Crippen LogP contribution in [0, 0.1) is 11.3 Å². The molecule has 0 saturated carbocycles. The highest BCUT2D eigenvalue weighted by atomic mass is 32.2. The van der Waals surface area contributed by atoms with E-state index in [0.717, 1.165) is 10.6 Å². The molecule has 112 valence electrons. The lowest BCUT2D eigenvalue weighted by molar-refractivity contribution is -0.115. The third-order valence-corrected chi connectivity index (χ3v) is 4.16. The van der Waals surface area contributed by atoms with E-state index in [2.05, 4.69) is 11.4 Å². The number of methoxy groups -OCH3 is 1. The third kappa shape index (κ3) is 4.03. The number of thioether (sulfide) groups is 1. The summed E-state index contributed by atoms with van der Waals surface area (Å²) in [5, 5.41) is 11.6. The Kier molecular flexibility index (Phi) is 5.45. The molecule has 0 spiro atoms. The standard InChI is InChI=1S/C17H16N2O2S/c1-12(22-15-9-7-14(21-2)8-10-15)17(20)19-16-6-4-3-5-13(16)11-18/h3-10,12H,1-2H3,(H,19,20). The molecule has 1 N–H and O–H groups in total. The van der Waals surface area contributed by atoms with E-state index in [1.54, 1.807) is 31.4 Å². The number of carbonyl (C=O) groups excluding carboxylic acids is 1. The quantitative estimate of drug-likeness (QED) is 0.855. The highest BCUT2D eigenvalue weighted by Gasteiger charge is 2.15. The van der Waals surface area contributed by atoms with Gasteiger partial charge in [-0.15, -0.1) is 11.8 Å². The number of anilines is 1. The molecule has 0 aliphatic heterocycles. The van der Waals surface area contributed by atoms with Crippen LogP contribution in [0.1, 0.15) is 12.5 Å². The van der Waals surface area contributed by atoms with E-state index < -0.39 is 0 Å². The summed E-state index contributed by atoms with van der Waals surface area (Å²) in [6, 6.07) is 16.6. The van der Waals surface area contributed by atoms with Crippen LogP contribution in [-0.2, 0) is 4.79 Å². The topological polar surface area (TPSA) is 62.1 Å². The van der Waals surface area contributed by atoms with E-state index in [-0.39, 0.29) is 11.2 Å². The van der Waals surface area contributed by atoms with Crippen LogP contribution < -0.4 is 10.1 Å². The lowest BCUT2D eigenvalue weighted by Crippen LogP contribution is -2.22. The molecule has 0 aliphatic carbocycles. The molecule has 1 atom stereocenters. The zero-order valence-electron chi connectivity index (χ0n) is 12.4. The first kappa shape index (κ1) is 15.9. The van der Waals surface area contributed by atoms with Gasteiger partial charge in [0.05, 0.1) is 23.6 Å². The molecular weight excluding hydrogens is 296 g/mol. The largest absolute Gasteiger partial charge is 0.497 e. The van der Waals surface area contributed by atoms with Crippen LogP contribution in [0.25, 0.3) is 0 Å². The van der Waals surface area contributed by atoms with Crippen LogP contribution in [0.3, 0.4) is 0 Å². The number of hydrogen-bond donors (Lipinski definition) is 1. The second-order valence-corrected chi connectivity index (χ2v) is 6.00. The number of para-hydroxylation sites is 1. The van der Waals surface area contributed by atoms with Crippen LogP contribution in [-0.4, -0.2) is 18.3 Å². The average Bonchev–Trinajstić information content (AvgIpc) is 2.56. The molecule has 0 saturated heterocycles. The summed E-state index contributed by atoms with van der Waals surface area (Å²) < 4.78 is 5.11. The Labute approximate surface area is 134 Å². The first-order chi connectivity index (χ1) is 10.6. The minimum Gasteiger partial charge on any atom is -0.497 e. The Morgan fingerprint density at radius 1 is 1.23 bits per heavy atom. The van der Waals surface area contributed by atoms with Crippen LogP contribution in [0.5, 0.6) is 5.75 Å². The summed E-state index contributed by atoms with van der Waals surface area (Å²) in [7, 11) is 1.62. The molecule has 2 aromatic carbocycles. The van der Waals surface area contributed by atoms with Crippen molar-refractivity contribution in [1.82, 2.24) is 0 Å². The van der Waals surface area contributed by atoms with Gasteiger partial charge in [-0.1, -0.05) is 12.1 Å². The average molecular weight is 312 g/mol. The number of carbonyl (C=O) groups is 1. The lowest BCUT2D eigenvalue weighted by atomic mass is 10.2. The summed E-state index contributed by atoms with van der Waals surface area (Å²) in [4.78, 5) is 13.2. The molecule has 0 bridgehead atoms. The third-order valence-electron chi connectivity index (χ3n) is 3.05. The molecule has 1 unspecified atom stereocenters. The Balaban J connectivity index is 2.01. The number of nitrogens with one attached hydrogen (secondary N) is 1. The first-order valence-corrected chi connectivity index (χ1v) is 7.62. The van der Waals surface area contributed by atoms with Crippen molar-refractivity contribution in [3.05, 3.63) is 54.1 Å². The van der Waals surface area contributed by atoms with E-state index >= 15 is 0 Å². The molecular formula is C17H16N2O2S. The predicted molar refractivity (Wildman–Crippen MR) is 88.1 cm³/mol. The fourth-order valence-electron chi connectivity index (χ4n) is 1.84. The second kappa shape index (κ2) is 7.53. The Morgan fingerprint density at radius 2 is 1.91 bits per heavy atom. The van der Waals surface area contributed by atoms with Gasteiger partial charge >= 0.3 is 0 Å². The van der Waals surface area contributed by atoms with Crippen LogP contribution in [0.4, 0.5) is 5.69 Å². The molecule has 0 fully saturated rings. The lowest BCUT2D eigenvalue weighted by Gasteiger charge is -2.13. The number of benzene rings is 2. The summed E-state index contributed by atoms with van der Waals surface area (Å²) in [5.41, 5.74) is 0.995. The summed E-state index contributed by atoms with van der Waals surface area (Å²) >= 11 is 1.45. The first-order valence-electron chi connectivity index (χ1n) is 6.74. The van der Waals surface area contributed by atoms with Gasteiger partial charge in [0, 0.05) is 4.90 Å². The van der Waals surface area contributed by atoms with Crippen LogP contribution in [0.2, 0.25) is 0 Å². The fourth-order valence-corrected chi connectivity index (χ4v) is 2.70. The Hall–Kier alpha value is -2.45. The van der Waals surface area contributed by atoms with Crippen LogP contribution >= 0.6 is 11.8 Å². The summed E-state index contributed by atoms with van der Waals surface area (Å²) in [6.45, 7) is 1.83. The van der Waals surface area contributed by atoms with Gasteiger partial charge in [-0.3, -0.25) is 4.79 Å². The van der Waals surface area contributed by atoms with Crippen molar-refractivity contribution in [3.63, 3.8) is 0 Å². The van der Waals surface area contributed by atoms with Gasteiger partial charge in [0.2, 0.25) is 5.91 Å². The molecule has 22 heavy (non-hydrogen) atoms. The van der Waals surface area contributed by atoms with Gasteiger partial charge in [-0.2, -0.15) is 5.26 Å². The number of amides is 1. The molecule has 1 amide bonds. The van der Waals surface area contributed by atoms with Crippen molar-refractivity contribution < 1.29 is 9.53 Å². The van der Waals surface area contributed by atoms with Crippen molar-refractivity contribution in [2.75, 3.05) is 12.4 Å². The number of nitrogens with zero attached hydrogens (tertiary/aromatic N) is 1. The SMILES string of the molecule is COc1ccc(SC(C)C(=O)Nc2ccccc2C#N)cc1. The number of hydrogen-bond acceptors (Lipinski definition) is 4. The smallest absolute Gasteiger partial charge is 0.237 e. The van der Waals surface area contributed by atoms with E-state index in [0.29, 0.717) is 11.3 Å². The second-order valence-electron chi connectivity index (χ2n) is 4.58. The van der Waals surface area contributed by atoms with Crippen molar-refractivity contribution in [3.8, 4) is 11.8 Å². The number of rotatable bonds is 5. The Morgan fingerprint density at radius 3 is 2.55 bits per heavy atom. The van der Waals surface area contributed by atoms with Gasteiger partial charge in [0.1, 0.15) is 11.8 Å². The van der Waals surface area contributed by atoms with Crippen LogP contribution in [0.15, 0.2) is 53.4 Å². The molecule has 5 heteroatoms. The normalized spacial score (nSPS) is 11.3. The Bertz CT molecular complexity index is 693. The van der Waals surface area contributed by atoms with E-state index in [4.69, 9.17) is 10.00 Å². The minimum atomic E-state index is -0.278. The molecule has 2 rings (SSSR count). The molecule has 0 aliphatic rings. The maximum absolute atomic E-state index is 12.2. The van der Waals surface area contributed by atoms with E-state index in [9.17, 15) is 4.79 Å². The highest BCUT2D eigenvalue weighted by molar-refractivity contribution is 8.00. The van der Waals surface area contributed by atoms with Crippen molar-refractivity contribution in [2.45, 2.75) is 17.1 Å². The molecule has 4 nitrogen and oxygen atoms in total. The molecule has 0 aromatic heterocycles. The predicted octanol–water partition coefficient (Wildman–Crippen LogP) is 3.69. The summed E-state index contributed by atoms with van der Waals surface area (Å²) in [5.74, 6) is 0.646. The van der Waals surface area contributed by atoms with E-state index in [1.807, 2.05) is 31.2 Å². The maximum Gasteiger partial charge on any atom is 0.237 e. The number of ether oxygens (including phenoxy) is 1. The monoisotopic (exact) mass is 312 g/mol. The van der Waals surface area contributed by atoms with Gasteiger partial charge in [0.15, 0.2) is 0 Å². The summed E-state index contributed by atoms with van der Waals surface area (Å²) in [6.07, 6.45) is 0. The van der Waals surface area contributed by atoms with Crippen molar-refractivity contribution >= 4 is 23.4 Å². The highest BCUT2D eigenvalue weighted by Crippen LogP contribution is 2.26. The maximum atomic E-state index is 12.2. The van der Waals surface area contributed by atoms with Gasteiger partial charge in [0.25, 0.3) is 0 Å². The van der Waals surface area contributed by atoms with Gasteiger partial charge in [-0.05, 0) is 43.3 Å². The molecule has 2 aromatic rings. The van der Waals surface area contributed by atoms with Gasteiger partial charge in [-0.25, -0.2) is 0 Å². The van der Waals surface area contributed by atoms with Gasteiger partial charge < -0.3 is 10.1 Å².